The van der Waals surface area contributed by atoms with Crippen molar-refractivity contribution in [1.29, 1.82) is 0 Å². The maximum absolute atomic E-state index is 11.9. The van der Waals surface area contributed by atoms with Gasteiger partial charge in [-0.25, -0.2) is 0 Å². The first-order valence-corrected chi connectivity index (χ1v) is 5.40. The SMILES string of the molecule is CN(C)CCN(C)C(=O)C1CNC(=O)CN1. The third-order valence-electron chi connectivity index (χ3n) is 2.57. The van der Waals surface area contributed by atoms with Crippen LogP contribution in [-0.4, -0.2) is 75.0 Å². The maximum atomic E-state index is 11.9. The molecule has 16 heavy (non-hydrogen) atoms. The van der Waals surface area contributed by atoms with Crippen LogP contribution in [-0.2, 0) is 9.59 Å². The van der Waals surface area contributed by atoms with E-state index in [1.54, 1.807) is 11.9 Å². The summed E-state index contributed by atoms with van der Waals surface area (Å²) < 4.78 is 0. The lowest BCUT2D eigenvalue weighted by Crippen LogP contribution is -2.58. The average molecular weight is 228 g/mol. The summed E-state index contributed by atoms with van der Waals surface area (Å²) in [5, 5.41) is 5.59. The topological polar surface area (TPSA) is 64.7 Å². The molecule has 0 aromatic carbocycles. The fourth-order valence-electron chi connectivity index (χ4n) is 1.47. The molecular weight excluding hydrogens is 208 g/mol. The van der Waals surface area contributed by atoms with Crippen molar-refractivity contribution in [3.05, 3.63) is 0 Å². The van der Waals surface area contributed by atoms with Crippen molar-refractivity contribution < 1.29 is 9.59 Å². The van der Waals surface area contributed by atoms with Crippen LogP contribution in [0.4, 0.5) is 0 Å². The van der Waals surface area contributed by atoms with E-state index in [-0.39, 0.29) is 24.4 Å². The van der Waals surface area contributed by atoms with Gasteiger partial charge in [-0.2, -0.15) is 0 Å². The Balaban J connectivity index is 2.35. The zero-order valence-electron chi connectivity index (χ0n) is 10.1. The van der Waals surface area contributed by atoms with Crippen LogP contribution < -0.4 is 10.6 Å². The smallest absolute Gasteiger partial charge is 0.241 e. The quantitative estimate of drug-likeness (QED) is 0.589. The first-order valence-electron chi connectivity index (χ1n) is 5.40. The van der Waals surface area contributed by atoms with Crippen molar-refractivity contribution in [2.75, 3.05) is 47.3 Å². The van der Waals surface area contributed by atoms with Crippen LogP contribution in [0.1, 0.15) is 0 Å². The Bertz CT molecular complexity index is 258. The van der Waals surface area contributed by atoms with Crippen molar-refractivity contribution in [3.8, 4) is 0 Å². The first-order chi connectivity index (χ1) is 7.50. The van der Waals surface area contributed by atoms with Crippen LogP contribution in [0, 0.1) is 0 Å². The lowest BCUT2D eigenvalue weighted by Gasteiger charge is -2.28. The zero-order valence-corrected chi connectivity index (χ0v) is 10.1. The average Bonchev–Trinajstić information content (AvgIpc) is 2.26. The molecule has 0 aromatic rings. The van der Waals surface area contributed by atoms with Crippen LogP contribution in [0.5, 0.6) is 0 Å². The molecule has 1 aliphatic heterocycles. The predicted molar refractivity (Wildman–Crippen MR) is 61.0 cm³/mol. The minimum Gasteiger partial charge on any atom is -0.353 e. The van der Waals surface area contributed by atoms with Gasteiger partial charge in [0.15, 0.2) is 0 Å². The van der Waals surface area contributed by atoms with Crippen molar-refractivity contribution >= 4 is 11.8 Å². The fourth-order valence-corrected chi connectivity index (χ4v) is 1.47. The van der Waals surface area contributed by atoms with E-state index in [0.29, 0.717) is 13.1 Å². The third kappa shape index (κ3) is 3.79. The number of hydrogen-bond acceptors (Lipinski definition) is 4. The summed E-state index contributed by atoms with van der Waals surface area (Å²) >= 11 is 0. The van der Waals surface area contributed by atoms with E-state index in [1.165, 1.54) is 0 Å². The molecule has 0 aromatic heterocycles. The second-order valence-corrected chi connectivity index (χ2v) is 4.30. The molecule has 1 rings (SSSR count). The summed E-state index contributed by atoms with van der Waals surface area (Å²) in [7, 11) is 5.72. The Morgan fingerprint density at radius 1 is 1.38 bits per heavy atom. The molecule has 2 N–H and O–H groups in total. The molecule has 0 spiro atoms. The van der Waals surface area contributed by atoms with Crippen molar-refractivity contribution in [2.45, 2.75) is 6.04 Å². The molecule has 1 aliphatic rings. The highest BCUT2D eigenvalue weighted by atomic mass is 16.2. The number of hydrogen-bond donors (Lipinski definition) is 2. The Morgan fingerprint density at radius 3 is 2.56 bits per heavy atom. The number of nitrogens with zero attached hydrogens (tertiary/aromatic N) is 2. The Labute approximate surface area is 96.0 Å². The molecule has 1 unspecified atom stereocenters. The highest BCUT2D eigenvalue weighted by Crippen LogP contribution is 1.95. The lowest BCUT2D eigenvalue weighted by atomic mass is 10.2. The van der Waals surface area contributed by atoms with Gasteiger partial charge in [-0.05, 0) is 14.1 Å². The molecule has 6 heteroatoms. The number of piperazine rings is 1. The summed E-state index contributed by atoms with van der Waals surface area (Å²) in [5.74, 6) is -0.0261. The minimum atomic E-state index is -0.287. The molecule has 0 aliphatic carbocycles. The third-order valence-corrected chi connectivity index (χ3v) is 2.57. The highest BCUT2D eigenvalue weighted by molar-refractivity contribution is 5.86. The van der Waals surface area contributed by atoms with Gasteiger partial charge in [0.1, 0.15) is 6.04 Å². The van der Waals surface area contributed by atoms with Gasteiger partial charge in [0.2, 0.25) is 11.8 Å². The number of likely N-dealkylation sites (N-methyl/N-ethyl adjacent to an activating group) is 2. The van der Waals surface area contributed by atoms with Crippen molar-refractivity contribution in [1.82, 2.24) is 20.4 Å². The summed E-state index contributed by atoms with van der Waals surface area (Å²) in [5.41, 5.74) is 0. The minimum absolute atomic E-state index is 0.0295. The fraction of sp³-hybridized carbons (Fsp3) is 0.800. The highest BCUT2D eigenvalue weighted by Gasteiger charge is 2.25. The van der Waals surface area contributed by atoms with Gasteiger partial charge in [0, 0.05) is 26.7 Å². The number of nitrogens with one attached hydrogen (secondary N) is 2. The zero-order chi connectivity index (χ0) is 12.1. The molecular formula is C10H20N4O2. The molecule has 1 heterocycles. The second-order valence-electron chi connectivity index (χ2n) is 4.30. The second kappa shape index (κ2) is 5.81. The van der Waals surface area contributed by atoms with Crippen LogP contribution in [0.3, 0.4) is 0 Å². The monoisotopic (exact) mass is 228 g/mol. The van der Waals surface area contributed by atoms with E-state index in [0.717, 1.165) is 6.54 Å². The van der Waals surface area contributed by atoms with Gasteiger partial charge < -0.3 is 15.1 Å². The predicted octanol–water partition coefficient (Wildman–Crippen LogP) is -1.91. The van der Waals surface area contributed by atoms with Crippen molar-refractivity contribution in [3.63, 3.8) is 0 Å². The number of carbonyl (C=O) groups is 2. The van der Waals surface area contributed by atoms with Gasteiger partial charge in [-0.15, -0.1) is 0 Å². The molecule has 92 valence electrons. The van der Waals surface area contributed by atoms with Gasteiger partial charge in [0.05, 0.1) is 6.54 Å². The molecule has 1 saturated heterocycles. The summed E-state index contributed by atoms with van der Waals surface area (Å²) in [6, 6.07) is -0.287. The Kier molecular flexibility index (Phi) is 4.70. The van der Waals surface area contributed by atoms with Crippen LogP contribution in [0.2, 0.25) is 0 Å². The van der Waals surface area contributed by atoms with Crippen LogP contribution >= 0.6 is 0 Å². The molecule has 2 amide bonds. The summed E-state index contributed by atoms with van der Waals surface area (Å²) in [6.07, 6.45) is 0. The first kappa shape index (κ1) is 12.9. The normalized spacial score (nSPS) is 20.8. The molecule has 0 radical (unpaired) electrons. The van der Waals surface area contributed by atoms with Crippen molar-refractivity contribution in [2.24, 2.45) is 0 Å². The van der Waals surface area contributed by atoms with E-state index in [1.807, 2.05) is 19.0 Å². The number of carbonyl (C=O) groups excluding carboxylic acids is 2. The Hall–Kier alpha value is -1.14. The van der Waals surface area contributed by atoms with E-state index in [2.05, 4.69) is 10.6 Å². The van der Waals surface area contributed by atoms with E-state index in [4.69, 9.17) is 0 Å². The molecule has 1 atom stereocenters. The van der Waals surface area contributed by atoms with Gasteiger partial charge in [0.25, 0.3) is 0 Å². The summed E-state index contributed by atoms with van der Waals surface area (Å²) in [6.45, 7) is 2.13. The maximum Gasteiger partial charge on any atom is 0.241 e. The van der Waals surface area contributed by atoms with E-state index >= 15 is 0 Å². The van der Waals surface area contributed by atoms with E-state index in [9.17, 15) is 9.59 Å². The molecule has 0 bridgehead atoms. The van der Waals surface area contributed by atoms with Crippen LogP contribution in [0.15, 0.2) is 0 Å². The number of amides is 2. The van der Waals surface area contributed by atoms with Crippen LogP contribution in [0.25, 0.3) is 0 Å². The van der Waals surface area contributed by atoms with E-state index < -0.39 is 0 Å². The molecule has 6 nitrogen and oxygen atoms in total. The van der Waals surface area contributed by atoms with Gasteiger partial charge in [-0.1, -0.05) is 0 Å². The summed E-state index contributed by atoms with van der Waals surface area (Å²) in [4.78, 5) is 26.5. The lowest BCUT2D eigenvalue weighted by molar-refractivity contribution is -0.133. The molecule has 1 fully saturated rings. The molecule has 0 saturated carbocycles. The standard InChI is InChI=1S/C10H20N4O2/c1-13(2)4-5-14(3)10(16)8-6-12-9(15)7-11-8/h8,11H,4-7H2,1-3H3,(H,12,15). The van der Waals surface area contributed by atoms with Gasteiger partial charge >= 0.3 is 0 Å². The van der Waals surface area contributed by atoms with Gasteiger partial charge in [-0.3, -0.25) is 14.9 Å². The number of rotatable bonds is 4. The Morgan fingerprint density at radius 2 is 2.06 bits per heavy atom. The largest absolute Gasteiger partial charge is 0.353 e.